The van der Waals surface area contributed by atoms with Crippen LogP contribution >= 0.6 is 0 Å². The number of hydrogen-bond donors (Lipinski definition) is 0. The van der Waals surface area contributed by atoms with Gasteiger partial charge in [-0.2, -0.15) is 5.10 Å². The SMILES string of the molecule is CCn1nc2c(c1C(=O)N1CCC3(CC1)CO[C@@H]1c4cccc(OC)c4OC(C)(C)[C@H]1C3)CCCC2. The van der Waals surface area contributed by atoms with Gasteiger partial charge in [0.15, 0.2) is 11.5 Å². The van der Waals surface area contributed by atoms with Crippen LogP contribution in [0.4, 0.5) is 0 Å². The second kappa shape index (κ2) is 8.79. The largest absolute Gasteiger partial charge is 0.493 e. The average Bonchev–Trinajstić information content (AvgIpc) is 3.27. The van der Waals surface area contributed by atoms with E-state index < -0.39 is 0 Å². The Labute approximate surface area is 214 Å². The summed E-state index contributed by atoms with van der Waals surface area (Å²) in [5, 5.41) is 4.79. The van der Waals surface area contributed by atoms with E-state index >= 15 is 0 Å². The van der Waals surface area contributed by atoms with Gasteiger partial charge in [-0.3, -0.25) is 9.48 Å². The Morgan fingerprint density at radius 1 is 1.19 bits per heavy atom. The first-order valence-corrected chi connectivity index (χ1v) is 13.7. The molecule has 2 saturated heterocycles. The highest BCUT2D eigenvalue weighted by molar-refractivity contribution is 5.94. The van der Waals surface area contributed by atoms with Gasteiger partial charge >= 0.3 is 0 Å². The molecule has 0 saturated carbocycles. The molecule has 1 amide bonds. The Balaban J connectivity index is 1.20. The number of fused-ring (bicyclic) bond motifs is 4. The monoisotopic (exact) mass is 493 g/mol. The van der Waals surface area contributed by atoms with Crippen LogP contribution in [0.2, 0.25) is 0 Å². The van der Waals surface area contributed by atoms with Crippen LogP contribution in [0.15, 0.2) is 18.2 Å². The Hall–Kier alpha value is -2.54. The van der Waals surface area contributed by atoms with Crippen LogP contribution in [0.5, 0.6) is 11.5 Å². The number of nitrogens with zero attached hydrogens (tertiary/aromatic N) is 3. The average molecular weight is 494 g/mol. The van der Waals surface area contributed by atoms with Crippen molar-refractivity contribution < 1.29 is 19.0 Å². The number of piperidine rings is 1. The third-order valence-corrected chi connectivity index (χ3v) is 9.22. The molecule has 0 unspecified atom stereocenters. The topological polar surface area (TPSA) is 65.8 Å². The number of para-hydroxylation sites is 1. The van der Waals surface area contributed by atoms with Crippen LogP contribution < -0.4 is 9.47 Å². The summed E-state index contributed by atoms with van der Waals surface area (Å²) in [6, 6.07) is 6.09. The first-order valence-electron chi connectivity index (χ1n) is 13.7. The van der Waals surface area contributed by atoms with Gasteiger partial charge in [-0.1, -0.05) is 12.1 Å². The predicted octanol–water partition coefficient (Wildman–Crippen LogP) is 4.96. The molecule has 2 atom stereocenters. The maximum atomic E-state index is 13.7. The number of hydrogen-bond acceptors (Lipinski definition) is 5. The summed E-state index contributed by atoms with van der Waals surface area (Å²) in [4.78, 5) is 15.8. The number of benzene rings is 1. The molecule has 194 valence electrons. The molecule has 1 aliphatic carbocycles. The number of aryl methyl sites for hydroxylation is 2. The fraction of sp³-hybridized carbons (Fsp3) is 0.655. The normalized spacial score (nSPS) is 25.9. The molecule has 3 aliphatic heterocycles. The van der Waals surface area contributed by atoms with Crippen LogP contribution in [-0.2, 0) is 24.1 Å². The van der Waals surface area contributed by atoms with E-state index in [0.717, 1.165) is 93.2 Å². The van der Waals surface area contributed by atoms with Crippen LogP contribution in [0.1, 0.15) is 86.3 Å². The van der Waals surface area contributed by atoms with E-state index in [1.165, 1.54) is 12.0 Å². The summed E-state index contributed by atoms with van der Waals surface area (Å²) in [5.41, 5.74) is 4.00. The minimum absolute atomic E-state index is 0.00886. The van der Waals surface area contributed by atoms with E-state index in [9.17, 15) is 4.79 Å². The van der Waals surface area contributed by atoms with E-state index in [1.54, 1.807) is 7.11 Å². The predicted molar refractivity (Wildman–Crippen MR) is 137 cm³/mol. The molecule has 0 N–H and O–H groups in total. The maximum Gasteiger partial charge on any atom is 0.272 e. The van der Waals surface area contributed by atoms with Gasteiger partial charge in [0.2, 0.25) is 0 Å². The summed E-state index contributed by atoms with van der Waals surface area (Å²) in [7, 11) is 1.69. The highest BCUT2D eigenvalue weighted by atomic mass is 16.5. The molecule has 0 radical (unpaired) electrons. The number of aromatic nitrogens is 2. The van der Waals surface area contributed by atoms with E-state index in [-0.39, 0.29) is 28.9 Å². The van der Waals surface area contributed by atoms with Gasteiger partial charge in [0, 0.05) is 36.7 Å². The Kier molecular flexibility index (Phi) is 5.82. The van der Waals surface area contributed by atoms with Crippen molar-refractivity contribution in [2.24, 2.45) is 11.3 Å². The third kappa shape index (κ3) is 3.73. The summed E-state index contributed by atoms with van der Waals surface area (Å²) >= 11 is 0. The number of ether oxygens (including phenoxy) is 3. The summed E-state index contributed by atoms with van der Waals surface area (Å²) in [5.74, 6) is 2.00. The van der Waals surface area contributed by atoms with Crippen molar-refractivity contribution in [3.8, 4) is 11.5 Å². The van der Waals surface area contributed by atoms with Gasteiger partial charge in [0.05, 0.1) is 25.5 Å². The minimum Gasteiger partial charge on any atom is -0.493 e. The van der Waals surface area contributed by atoms with Gasteiger partial charge in [-0.05, 0) is 77.2 Å². The van der Waals surface area contributed by atoms with Crippen LogP contribution in [0, 0.1) is 11.3 Å². The van der Waals surface area contributed by atoms with Crippen molar-refractivity contribution >= 4 is 5.91 Å². The zero-order chi connectivity index (χ0) is 25.1. The van der Waals surface area contributed by atoms with Crippen LogP contribution in [0.3, 0.4) is 0 Å². The van der Waals surface area contributed by atoms with Crippen molar-refractivity contribution in [3.63, 3.8) is 0 Å². The number of methoxy groups -OCH3 is 1. The number of rotatable bonds is 3. The Morgan fingerprint density at radius 2 is 1.97 bits per heavy atom. The minimum atomic E-state index is -0.362. The summed E-state index contributed by atoms with van der Waals surface area (Å²) < 4.78 is 20.8. The first-order chi connectivity index (χ1) is 17.4. The summed E-state index contributed by atoms with van der Waals surface area (Å²) in [6.07, 6.45) is 7.29. The molecular formula is C29H39N3O4. The second-order valence-electron chi connectivity index (χ2n) is 11.7. The second-order valence-corrected chi connectivity index (χ2v) is 11.7. The molecule has 6 rings (SSSR count). The standard InChI is InChI=1S/C29H39N3O4/c1-5-32-24(19-9-6-7-11-22(19)30-32)27(33)31-15-13-29(14-16-31)17-21-25(35-18-29)20-10-8-12-23(34-4)26(20)36-28(21,2)3/h8,10,12,21,25H,5-7,9,11,13-18H2,1-4H3/t21-,25+/m0/s1. The molecule has 7 nitrogen and oxygen atoms in total. The molecule has 1 aromatic carbocycles. The quantitative estimate of drug-likeness (QED) is 0.605. The molecule has 0 bridgehead atoms. The highest BCUT2D eigenvalue weighted by Gasteiger charge is 2.53. The molecule has 36 heavy (non-hydrogen) atoms. The number of carbonyl (C=O) groups is 1. The van der Waals surface area contributed by atoms with Crippen molar-refractivity contribution in [3.05, 3.63) is 40.7 Å². The lowest BCUT2D eigenvalue weighted by atomic mass is 9.64. The Morgan fingerprint density at radius 3 is 2.72 bits per heavy atom. The molecular weight excluding hydrogens is 454 g/mol. The number of likely N-dealkylation sites (tertiary alicyclic amines) is 1. The lowest BCUT2D eigenvalue weighted by Crippen LogP contribution is -2.54. The van der Waals surface area contributed by atoms with E-state index in [2.05, 4.69) is 31.7 Å². The van der Waals surface area contributed by atoms with Gasteiger partial charge in [-0.15, -0.1) is 0 Å². The molecule has 2 fully saturated rings. The molecule has 1 spiro atoms. The molecule has 4 heterocycles. The van der Waals surface area contributed by atoms with E-state index in [1.807, 2.05) is 16.8 Å². The fourth-order valence-electron chi connectivity index (χ4n) is 7.05. The number of carbonyl (C=O) groups excluding carboxylic acids is 1. The number of amides is 1. The smallest absolute Gasteiger partial charge is 0.272 e. The van der Waals surface area contributed by atoms with Gasteiger partial charge in [0.1, 0.15) is 11.3 Å². The molecule has 7 heteroatoms. The van der Waals surface area contributed by atoms with E-state index in [0.29, 0.717) is 0 Å². The lowest BCUT2D eigenvalue weighted by Gasteiger charge is -2.54. The van der Waals surface area contributed by atoms with Crippen LogP contribution in [0.25, 0.3) is 0 Å². The van der Waals surface area contributed by atoms with Crippen molar-refractivity contribution in [1.82, 2.24) is 14.7 Å². The molecule has 1 aromatic heterocycles. The van der Waals surface area contributed by atoms with Crippen molar-refractivity contribution in [2.75, 3.05) is 26.8 Å². The van der Waals surface area contributed by atoms with Crippen LogP contribution in [-0.4, -0.2) is 53.0 Å². The third-order valence-electron chi connectivity index (χ3n) is 9.22. The first kappa shape index (κ1) is 23.8. The lowest BCUT2D eigenvalue weighted by molar-refractivity contribution is -0.173. The van der Waals surface area contributed by atoms with Gasteiger partial charge in [-0.25, -0.2) is 0 Å². The fourth-order valence-corrected chi connectivity index (χ4v) is 7.05. The molecule has 2 aromatic rings. The Bertz CT molecular complexity index is 1160. The van der Waals surface area contributed by atoms with Crippen molar-refractivity contribution in [2.45, 2.75) is 84.0 Å². The zero-order valence-electron chi connectivity index (χ0n) is 22.1. The summed E-state index contributed by atoms with van der Waals surface area (Å²) in [6.45, 7) is 9.45. The highest BCUT2D eigenvalue weighted by Crippen LogP contribution is 2.57. The van der Waals surface area contributed by atoms with Crippen molar-refractivity contribution in [1.29, 1.82) is 0 Å². The maximum absolute atomic E-state index is 13.7. The van der Waals surface area contributed by atoms with E-state index in [4.69, 9.17) is 19.3 Å². The molecule has 4 aliphatic rings. The van der Waals surface area contributed by atoms with Gasteiger partial charge < -0.3 is 19.1 Å². The van der Waals surface area contributed by atoms with Gasteiger partial charge in [0.25, 0.3) is 5.91 Å². The zero-order valence-corrected chi connectivity index (χ0v) is 22.1.